The first kappa shape index (κ1) is 23.8. The average molecular weight is 467 g/mol. The van der Waals surface area contributed by atoms with Crippen LogP contribution in [0.25, 0.3) is 0 Å². The van der Waals surface area contributed by atoms with Crippen molar-refractivity contribution in [2.75, 3.05) is 34.4 Å². The van der Waals surface area contributed by atoms with E-state index in [9.17, 15) is 17.6 Å². The highest BCUT2D eigenvalue weighted by Crippen LogP contribution is 2.39. The SMILES string of the molecule is COc1ccc(CNC(=O)[C@H]2CCCN(S(=O)(=O)c3ccc(F)cc3)C2)c(OC)c1OC. The van der Waals surface area contributed by atoms with Crippen LogP contribution in [0.15, 0.2) is 41.3 Å². The van der Waals surface area contributed by atoms with E-state index in [1.54, 1.807) is 12.1 Å². The van der Waals surface area contributed by atoms with Crippen LogP contribution in [-0.4, -0.2) is 53.0 Å². The highest BCUT2D eigenvalue weighted by Gasteiger charge is 2.33. The van der Waals surface area contributed by atoms with Gasteiger partial charge in [-0.25, -0.2) is 12.8 Å². The smallest absolute Gasteiger partial charge is 0.243 e. The van der Waals surface area contributed by atoms with Gasteiger partial charge in [-0.15, -0.1) is 0 Å². The van der Waals surface area contributed by atoms with Gasteiger partial charge in [0.2, 0.25) is 21.7 Å². The van der Waals surface area contributed by atoms with Crippen LogP contribution in [0.4, 0.5) is 4.39 Å². The monoisotopic (exact) mass is 466 g/mol. The lowest BCUT2D eigenvalue weighted by Gasteiger charge is -2.31. The third kappa shape index (κ3) is 4.97. The van der Waals surface area contributed by atoms with Gasteiger partial charge in [0.05, 0.1) is 32.1 Å². The Bertz CT molecular complexity index is 1060. The van der Waals surface area contributed by atoms with Gasteiger partial charge < -0.3 is 19.5 Å². The van der Waals surface area contributed by atoms with Gasteiger partial charge in [-0.1, -0.05) is 0 Å². The molecule has 10 heteroatoms. The van der Waals surface area contributed by atoms with Crippen molar-refractivity contribution < 1.29 is 31.8 Å². The maximum atomic E-state index is 13.2. The van der Waals surface area contributed by atoms with Crippen molar-refractivity contribution in [3.63, 3.8) is 0 Å². The van der Waals surface area contributed by atoms with E-state index in [-0.39, 0.29) is 23.9 Å². The third-order valence-electron chi connectivity index (χ3n) is 5.45. The van der Waals surface area contributed by atoms with Gasteiger partial charge in [0.25, 0.3) is 0 Å². The molecule has 1 aliphatic rings. The summed E-state index contributed by atoms with van der Waals surface area (Å²) in [6, 6.07) is 8.18. The molecule has 174 valence electrons. The zero-order valence-electron chi connectivity index (χ0n) is 18.3. The number of hydrogen-bond acceptors (Lipinski definition) is 6. The van der Waals surface area contributed by atoms with E-state index in [0.29, 0.717) is 42.2 Å². The van der Waals surface area contributed by atoms with Gasteiger partial charge in [-0.05, 0) is 49.2 Å². The summed E-state index contributed by atoms with van der Waals surface area (Å²) in [5, 5.41) is 2.87. The van der Waals surface area contributed by atoms with E-state index in [4.69, 9.17) is 14.2 Å². The van der Waals surface area contributed by atoms with Crippen molar-refractivity contribution in [3.8, 4) is 17.2 Å². The molecule has 8 nitrogen and oxygen atoms in total. The molecule has 0 aromatic heterocycles. The molecule has 0 unspecified atom stereocenters. The molecule has 0 bridgehead atoms. The summed E-state index contributed by atoms with van der Waals surface area (Å²) < 4.78 is 56.3. The lowest BCUT2D eigenvalue weighted by atomic mass is 9.98. The number of nitrogens with one attached hydrogen (secondary N) is 1. The molecular weight excluding hydrogens is 439 g/mol. The topological polar surface area (TPSA) is 94.2 Å². The van der Waals surface area contributed by atoms with Gasteiger partial charge in [0, 0.05) is 25.2 Å². The van der Waals surface area contributed by atoms with Crippen molar-refractivity contribution in [1.82, 2.24) is 9.62 Å². The van der Waals surface area contributed by atoms with E-state index in [2.05, 4.69) is 5.32 Å². The molecule has 1 fully saturated rings. The highest BCUT2D eigenvalue weighted by atomic mass is 32.2. The quantitative estimate of drug-likeness (QED) is 0.643. The second-order valence-corrected chi connectivity index (χ2v) is 9.31. The minimum Gasteiger partial charge on any atom is -0.493 e. The number of hydrogen-bond donors (Lipinski definition) is 1. The van der Waals surface area contributed by atoms with E-state index < -0.39 is 21.8 Å². The molecule has 0 aliphatic carbocycles. The van der Waals surface area contributed by atoms with E-state index >= 15 is 0 Å². The predicted octanol–water partition coefficient (Wildman–Crippen LogP) is 2.57. The average Bonchev–Trinajstić information content (AvgIpc) is 2.82. The zero-order chi connectivity index (χ0) is 23.3. The first-order chi connectivity index (χ1) is 15.3. The molecule has 2 aromatic rings. The first-order valence-corrected chi connectivity index (χ1v) is 11.6. The first-order valence-electron chi connectivity index (χ1n) is 10.1. The standard InChI is InChI=1S/C22H27FN2O6S/c1-29-19-11-6-15(20(30-2)21(19)31-3)13-24-22(26)16-5-4-12-25(14-16)32(27,28)18-9-7-17(23)8-10-18/h6-11,16H,4-5,12-14H2,1-3H3,(H,24,26)/t16-/m0/s1. The summed E-state index contributed by atoms with van der Waals surface area (Å²) in [5.74, 6) is 0.136. The normalized spacial score (nSPS) is 16.9. The Morgan fingerprint density at radius 2 is 1.75 bits per heavy atom. The molecular formula is C22H27FN2O6S. The Balaban J connectivity index is 1.69. The molecule has 1 amide bonds. The number of piperidine rings is 1. The fourth-order valence-corrected chi connectivity index (χ4v) is 5.28. The molecule has 1 aliphatic heterocycles. The third-order valence-corrected chi connectivity index (χ3v) is 7.32. The lowest BCUT2D eigenvalue weighted by Crippen LogP contribution is -2.45. The number of carbonyl (C=O) groups is 1. The van der Waals surface area contributed by atoms with Gasteiger partial charge in [-0.2, -0.15) is 4.31 Å². The van der Waals surface area contributed by atoms with Crippen LogP contribution in [0, 0.1) is 11.7 Å². The Morgan fingerprint density at radius 1 is 1.06 bits per heavy atom. The molecule has 1 heterocycles. The van der Waals surface area contributed by atoms with Crippen LogP contribution >= 0.6 is 0 Å². The summed E-state index contributed by atoms with van der Waals surface area (Å²) in [7, 11) is 0.721. The molecule has 0 radical (unpaired) electrons. The van der Waals surface area contributed by atoms with Gasteiger partial charge in [0.15, 0.2) is 11.5 Å². The molecule has 3 rings (SSSR count). The van der Waals surface area contributed by atoms with Gasteiger partial charge in [0.1, 0.15) is 5.82 Å². The number of nitrogens with zero attached hydrogens (tertiary/aromatic N) is 1. The molecule has 32 heavy (non-hydrogen) atoms. The van der Waals surface area contributed by atoms with Crippen LogP contribution in [0.3, 0.4) is 0 Å². The van der Waals surface area contributed by atoms with E-state index in [0.717, 1.165) is 12.1 Å². The number of sulfonamides is 1. The van der Waals surface area contributed by atoms with Crippen molar-refractivity contribution in [2.45, 2.75) is 24.3 Å². The summed E-state index contributed by atoms with van der Waals surface area (Å²) in [6.07, 6.45) is 1.13. The fourth-order valence-electron chi connectivity index (χ4n) is 3.76. The van der Waals surface area contributed by atoms with Crippen molar-refractivity contribution >= 4 is 15.9 Å². The summed E-state index contributed by atoms with van der Waals surface area (Å²) in [6.45, 7) is 0.561. The Labute approximate surface area is 187 Å². The Morgan fingerprint density at radius 3 is 2.38 bits per heavy atom. The van der Waals surface area contributed by atoms with Gasteiger partial charge in [-0.3, -0.25) is 4.79 Å². The number of benzene rings is 2. The number of amides is 1. The molecule has 1 atom stereocenters. The van der Waals surface area contributed by atoms with Crippen LogP contribution in [0.5, 0.6) is 17.2 Å². The van der Waals surface area contributed by atoms with Crippen LogP contribution < -0.4 is 19.5 Å². The zero-order valence-corrected chi connectivity index (χ0v) is 19.1. The van der Waals surface area contributed by atoms with Crippen LogP contribution in [-0.2, 0) is 21.4 Å². The number of halogens is 1. The maximum Gasteiger partial charge on any atom is 0.243 e. The minimum atomic E-state index is -3.80. The maximum absolute atomic E-state index is 13.2. The lowest BCUT2D eigenvalue weighted by molar-refractivity contribution is -0.126. The fraction of sp³-hybridized carbons (Fsp3) is 0.409. The second-order valence-electron chi connectivity index (χ2n) is 7.37. The molecule has 1 saturated heterocycles. The van der Waals surface area contributed by atoms with E-state index in [1.165, 1.54) is 37.8 Å². The molecule has 0 saturated carbocycles. The highest BCUT2D eigenvalue weighted by molar-refractivity contribution is 7.89. The van der Waals surface area contributed by atoms with Crippen LogP contribution in [0.1, 0.15) is 18.4 Å². The minimum absolute atomic E-state index is 0.00928. The molecule has 2 aromatic carbocycles. The molecule has 1 N–H and O–H groups in total. The van der Waals surface area contributed by atoms with Crippen molar-refractivity contribution in [2.24, 2.45) is 5.92 Å². The largest absolute Gasteiger partial charge is 0.493 e. The molecule has 0 spiro atoms. The number of rotatable bonds is 8. The summed E-state index contributed by atoms with van der Waals surface area (Å²) in [4.78, 5) is 12.8. The van der Waals surface area contributed by atoms with Crippen molar-refractivity contribution in [3.05, 3.63) is 47.8 Å². The number of carbonyl (C=O) groups excluding carboxylic acids is 1. The number of methoxy groups -OCH3 is 3. The summed E-state index contributed by atoms with van der Waals surface area (Å²) >= 11 is 0. The van der Waals surface area contributed by atoms with Crippen molar-refractivity contribution in [1.29, 1.82) is 0 Å². The Hall–Kier alpha value is -2.85. The number of ether oxygens (including phenoxy) is 3. The summed E-state index contributed by atoms with van der Waals surface area (Å²) in [5.41, 5.74) is 0.699. The van der Waals surface area contributed by atoms with E-state index in [1.807, 2.05) is 0 Å². The second kappa shape index (κ2) is 10.2. The van der Waals surface area contributed by atoms with Crippen LogP contribution in [0.2, 0.25) is 0 Å². The predicted molar refractivity (Wildman–Crippen MR) is 116 cm³/mol. The van der Waals surface area contributed by atoms with Gasteiger partial charge >= 0.3 is 0 Å². The Kier molecular flexibility index (Phi) is 7.57.